The molecule has 4 atom stereocenters. The summed E-state index contributed by atoms with van der Waals surface area (Å²) in [5.41, 5.74) is 1.47. The summed E-state index contributed by atoms with van der Waals surface area (Å²) in [6.07, 6.45) is 12.0. The summed E-state index contributed by atoms with van der Waals surface area (Å²) in [6.45, 7) is 3.95. The monoisotopic (exact) mass is 561 g/mol. The first-order valence-corrected chi connectivity index (χ1v) is 15.3. The maximum atomic E-state index is 12.5. The second kappa shape index (κ2) is 16.4. The van der Waals surface area contributed by atoms with Gasteiger partial charge in [-0.1, -0.05) is 81.5 Å². The van der Waals surface area contributed by atoms with Gasteiger partial charge in [0.1, 0.15) is 11.6 Å². The van der Waals surface area contributed by atoms with Gasteiger partial charge in [-0.3, -0.25) is 14.4 Å². The van der Waals surface area contributed by atoms with Gasteiger partial charge in [0.25, 0.3) is 5.91 Å². The molecule has 1 aliphatic rings. The molecule has 222 valence electrons. The van der Waals surface area contributed by atoms with Gasteiger partial charge in [0.15, 0.2) is 0 Å². The van der Waals surface area contributed by atoms with Crippen LogP contribution in [0.5, 0.6) is 0 Å². The van der Waals surface area contributed by atoms with Crippen LogP contribution in [0.15, 0.2) is 66.7 Å². The molecule has 2 aromatic carbocycles. The van der Waals surface area contributed by atoms with Gasteiger partial charge in [0.2, 0.25) is 0 Å². The molecule has 0 radical (unpaired) electrons. The first-order valence-electron chi connectivity index (χ1n) is 15.3. The lowest BCUT2D eigenvalue weighted by Crippen LogP contribution is -2.23. The van der Waals surface area contributed by atoms with E-state index in [2.05, 4.69) is 12.2 Å². The Hall–Kier alpha value is -3.09. The molecule has 3 rings (SSSR count). The van der Waals surface area contributed by atoms with Crippen molar-refractivity contribution in [3.63, 3.8) is 0 Å². The van der Waals surface area contributed by atoms with Gasteiger partial charge in [-0.25, -0.2) is 0 Å². The van der Waals surface area contributed by atoms with E-state index in [-0.39, 0.29) is 35.7 Å². The zero-order valence-electron chi connectivity index (χ0n) is 24.7. The fourth-order valence-corrected chi connectivity index (χ4v) is 5.59. The zero-order chi connectivity index (χ0) is 29.7. The summed E-state index contributed by atoms with van der Waals surface area (Å²) in [5, 5.41) is 23.8. The first-order chi connectivity index (χ1) is 19.7. The van der Waals surface area contributed by atoms with Gasteiger partial charge in [-0.05, 0) is 62.4 Å². The molecule has 6 nitrogen and oxygen atoms in total. The Morgan fingerprint density at radius 1 is 1.00 bits per heavy atom. The molecule has 1 unspecified atom stereocenters. The number of aliphatic hydroxyl groups excluding tert-OH is 1. The Morgan fingerprint density at radius 2 is 1.71 bits per heavy atom. The number of carbonyl (C=O) groups is 3. The van der Waals surface area contributed by atoms with Crippen molar-refractivity contribution < 1.29 is 24.6 Å². The second-order valence-electron chi connectivity index (χ2n) is 11.8. The fourth-order valence-electron chi connectivity index (χ4n) is 5.59. The number of Topliss-reactive ketones (excluding diaryl/α,β-unsaturated/α-hetero) is 2. The minimum Gasteiger partial charge on any atom is -0.392 e. The van der Waals surface area contributed by atoms with Gasteiger partial charge in [0.05, 0.1) is 11.7 Å². The van der Waals surface area contributed by atoms with Gasteiger partial charge in [-0.15, -0.1) is 0 Å². The Bertz CT molecular complexity index is 1140. The quantitative estimate of drug-likeness (QED) is 0.145. The van der Waals surface area contributed by atoms with Gasteiger partial charge in [0, 0.05) is 42.3 Å². The van der Waals surface area contributed by atoms with E-state index < -0.39 is 11.7 Å². The number of rotatable bonds is 17. The highest BCUT2D eigenvalue weighted by molar-refractivity contribution is 6.04. The summed E-state index contributed by atoms with van der Waals surface area (Å²) < 4.78 is 0. The molecule has 0 saturated heterocycles. The minimum absolute atomic E-state index is 0.130. The maximum Gasteiger partial charge on any atom is 0.255 e. The number of aliphatic hydroxyl groups is 2. The molecule has 2 aromatic rings. The maximum absolute atomic E-state index is 12.5. The molecule has 0 spiro atoms. The van der Waals surface area contributed by atoms with Crippen molar-refractivity contribution in [3.05, 3.63) is 77.9 Å². The molecule has 0 bridgehead atoms. The molecule has 3 N–H and O–H groups in total. The van der Waals surface area contributed by atoms with Crippen molar-refractivity contribution in [3.8, 4) is 0 Å². The average molecular weight is 562 g/mol. The van der Waals surface area contributed by atoms with Crippen LogP contribution in [0.2, 0.25) is 0 Å². The van der Waals surface area contributed by atoms with Crippen molar-refractivity contribution >= 4 is 23.2 Å². The van der Waals surface area contributed by atoms with Crippen LogP contribution in [0.1, 0.15) is 100 Å². The predicted octanol–water partition coefficient (Wildman–Crippen LogP) is 6.84. The molecule has 1 saturated carbocycles. The van der Waals surface area contributed by atoms with E-state index >= 15 is 0 Å². The topological polar surface area (TPSA) is 104 Å². The summed E-state index contributed by atoms with van der Waals surface area (Å²) in [6, 6.07) is 16.4. The number of hydrogen-bond donors (Lipinski definition) is 3. The van der Waals surface area contributed by atoms with Crippen LogP contribution in [-0.2, 0) is 16.0 Å². The van der Waals surface area contributed by atoms with Crippen LogP contribution >= 0.6 is 0 Å². The zero-order valence-corrected chi connectivity index (χ0v) is 24.7. The Labute approximate surface area is 245 Å². The lowest BCUT2D eigenvalue weighted by atomic mass is 9.87. The van der Waals surface area contributed by atoms with Crippen LogP contribution in [0.25, 0.3) is 0 Å². The Balaban J connectivity index is 1.33. The van der Waals surface area contributed by atoms with Crippen LogP contribution in [0.4, 0.5) is 5.69 Å². The van der Waals surface area contributed by atoms with E-state index in [1.54, 1.807) is 12.1 Å². The number of anilines is 1. The molecule has 0 aromatic heterocycles. The highest BCUT2D eigenvalue weighted by Gasteiger charge is 2.39. The highest BCUT2D eigenvalue weighted by Crippen LogP contribution is 2.35. The van der Waals surface area contributed by atoms with E-state index in [9.17, 15) is 24.6 Å². The van der Waals surface area contributed by atoms with E-state index in [0.717, 1.165) is 56.9 Å². The fraction of sp³-hybridized carbons (Fsp3) is 0.514. The standard InChI is InChI=1S/C35H47NO5/c1-3-4-22-35(2,41)23-12-17-31-30(32(38)25-33(31)39)16-11-6-5-10-15-29(37)24-26-18-20-28(21-19-26)36-34(40)27-13-8-7-9-14-27/h7-9,12-14,17-21,30-31,33,39,41H,3-6,10-11,15-16,22-25H2,1-2H3,(H,36,40)/b17-12+/t30-,31-,33-,35?/m1/s1. The molecule has 0 aliphatic heterocycles. The van der Waals surface area contributed by atoms with E-state index in [1.165, 1.54) is 0 Å². The second-order valence-corrected chi connectivity index (χ2v) is 11.8. The van der Waals surface area contributed by atoms with E-state index in [1.807, 2.05) is 61.5 Å². The Kier molecular flexibility index (Phi) is 13.0. The number of ketones is 2. The predicted molar refractivity (Wildman–Crippen MR) is 164 cm³/mol. The summed E-state index contributed by atoms with van der Waals surface area (Å²) in [4.78, 5) is 37.3. The molecule has 6 heteroatoms. The lowest BCUT2D eigenvalue weighted by molar-refractivity contribution is -0.121. The molecule has 1 amide bonds. The lowest BCUT2D eigenvalue weighted by Gasteiger charge is -2.22. The Morgan fingerprint density at radius 3 is 2.41 bits per heavy atom. The normalized spacial score (nSPS) is 20.3. The van der Waals surface area contributed by atoms with Crippen LogP contribution in [-0.4, -0.2) is 39.4 Å². The SMILES string of the molecule is CCCCC(C)(O)C/C=C/[C@H]1[C@H](O)CC(=O)[C@@H]1CCCCCCC(=O)Cc1ccc(NC(=O)c2ccccc2)cc1. The summed E-state index contributed by atoms with van der Waals surface area (Å²) >= 11 is 0. The van der Waals surface area contributed by atoms with Gasteiger partial charge < -0.3 is 15.5 Å². The van der Waals surface area contributed by atoms with Crippen molar-refractivity contribution in [1.29, 1.82) is 0 Å². The van der Waals surface area contributed by atoms with Crippen LogP contribution in [0.3, 0.4) is 0 Å². The van der Waals surface area contributed by atoms with E-state index in [4.69, 9.17) is 0 Å². The van der Waals surface area contributed by atoms with Crippen molar-refractivity contribution in [2.24, 2.45) is 11.8 Å². The largest absolute Gasteiger partial charge is 0.392 e. The van der Waals surface area contributed by atoms with Crippen molar-refractivity contribution in [2.45, 2.75) is 103 Å². The summed E-state index contributed by atoms with van der Waals surface area (Å²) in [7, 11) is 0. The van der Waals surface area contributed by atoms with Gasteiger partial charge in [-0.2, -0.15) is 0 Å². The molecule has 0 heterocycles. The van der Waals surface area contributed by atoms with Crippen LogP contribution in [0, 0.1) is 11.8 Å². The first kappa shape index (κ1) is 32.4. The third-order valence-electron chi connectivity index (χ3n) is 8.09. The number of carbonyl (C=O) groups excluding carboxylic acids is 3. The molecular formula is C35H47NO5. The van der Waals surface area contributed by atoms with Crippen LogP contribution < -0.4 is 5.32 Å². The minimum atomic E-state index is -0.753. The molecule has 1 aliphatic carbocycles. The third kappa shape index (κ3) is 11.0. The smallest absolute Gasteiger partial charge is 0.255 e. The third-order valence-corrected chi connectivity index (χ3v) is 8.09. The number of nitrogens with one attached hydrogen (secondary N) is 1. The number of hydrogen-bond acceptors (Lipinski definition) is 5. The highest BCUT2D eigenvalue weighted by atomic mass is 16.3. The molecule has 41 heavy (non-hydrogen) atoms. The van der Waals surface area contributed by atoms with Crippen molar-refractivity contribution in [2.75, 3.05) is 5.32 Å². The van der Waals surface area contributed by atoms with Crippen molar-refractivity contribution in [1.82, 2.24) is 0 Å². The summed E-state index contributed by atoms with van der Waals surface area (Å²) in [5.74, 6) is -0.180. The van der Waals surface area contributed by atoms with E-state index in [0.29, 0.717) is 30.5 Å². The number of unbranched alkanes of at least 4 members (excludes halogenated alkanes) is 4. The van der Waals surface area contributed by atoms with Gasteiger partial charge >= 0.3 is 0 Å². The molecule has 1 fully saturated rings. The molecular weight excluding hydrogens is 514 g/mol. The number of benzene rings is 2. The number of amides is 1. The average Bonchev–Trinajstić information content (AvgIpc) is 3.22.